The van der Waals surface area contributed by atoms with E-state index in [4.69, 9.17) is 4.52 Å². The Kier molecular flexibility index (Phi) is 6.21. The third kappa shape index (κ3) is 5.09. The molecule has 186 valence electrons. The van der Waals surface area contributed by atoms with E-state index in [2.05, 4.69) is 53.0 Å². The molecule has 1 aliphatic carbocycles. The van der Waals surface area contributed by atoms with Crippen LogP contribution in [0.15, 0.2) is 41.4 Å². The van der Waals surface area contributed by atoms with E-state index >= 15 is 0 Å². The van der Waals surface area contributed by atoms with E-state index in [9.17, 15) is 4.79 Å². The van der Waals surface area contributed by atoms with Gasteiger partial charge in [-0.05, 0) is 36.5 Å². The second-order valence-electron chi connectivity index (χ2n) is 10.0. The first kappa shape index (κ1) is 23.6. The predicted octanol–water partition coefficient (Wildman–Crippen LogP) is 3.89. The molecule has 0 spiro atoms. The van der Waals surface area contributed by atoms with Crippen molar-refractivity contribution in [2.45, 2.75) is 57.9 Å². The molecule has 1 aliphatic rings. The number of rotatable bonds is 5. The zero-order chi connectivity index (χ0) is 25.3. The summed E-state index contributed by atoms with van der Waals surface area (Å²) in [5.74, 6) is 1.18. The van der Waals surface area contributed by atoms with Crippen LogP contribution in [0.2, 0.25) is 0 Å². The number of aryl methyl sites for hydroxylation is 2. The van der Waals surface area contributed by atoms with Crippen LogP contribution in [0.25, 0.3) is 11.4 Å². The van der Waals surface area contributed by atoms with Crippen LogP contribution in [0.3, 0.4) is 0 Å². The molecule has 0 saturated heterocycles. The third-order valence-electron chi connectivity index (χ3n) is 6.07. The number of fused-ring (bicyclic) bond motifs is 1. The van der Waals surface area contributed by atoms with Gasteiger partial charge in [-0.1, -0.05) is 44.5 Å². The molecule has 11 heteroatoms. The molecule has 0 radical (unpaired) electrons. The van der Waals surface area contributed by atoms with Gasteiger partial charge in [-0.3, -0.25) is 9.48 Å². The molecular weight excluding hydrogens is 458 g/mol. The molecule has 1 amide bonds. The molecule has 11 nitrogen and oxygen atoms in total. The number of nitrogens with one attached hydrogen (secondary N) is 2. The zero-order valence-electron chi connectivity index (χ0n) is 20.8. The monoisotopic (exact) mass is 487 g/mol. The number of hydrogen-bond acceptors (Lipinski definition) is 9. The van der Waals surface area contributed by atoms with Crippen LogP contribution < -0.4 is 10.6 Å². The Morgan fingerprint density at radius 3 is 2.78 bits per heavy atom. The predicted molar refractivity (Wildman–Crippen MR) is 133 cm³/mol. The van der Waals surface area contributed by atoms with Gasteiger partial charge in [0.15, 0.2) is 5.82 Å². The minimum absolute atomic E-state index is 0.0566. The van der Waals surface area contributed by atoms with Gasteiger partial charge < -0.3 is 15.2 Å². The van der Waals surface area contributed by atoms with Gasteiger partial charge in [-0.15, -0.1) is 0 Å². The lowest BCUT2D eigenvalue weighted by atomic mass is 9.96. The Hall–Kier alpha value is -4.15. The van der Waals surface area contributed by atoms with Crippen molar-refractivity contribution in [1.29, 1.82) is 0 Å². The quantitative estimate of drug-likeness (QED) is 0.402. The fraction of sp³-hybridized carbons (Fsp3) is 0.400. The molecule has 0 aliphatic heterocycles. The summed E-state index contributed by atoms with van der Waals surface area (Å²) in [7, 11) is 1.85. The first-order valence-corrected chi connectivity index (χ1v) is 12.0. The van der Waals surface area contributed by atoms with Gasteiger partial charge in [0.2, 0.25) is 11.8 Å². The smallest absolute Gasteiger partial charge is 0.293 e. The second-order valence-corrected chi connectivity index (χ2v) is 10.0. The summed E-state index contributed by atoms with van der Waals surface area (Å²) in [5.41, 5.74) is 3.63. The molecule has 5 rings (SSSR count). The molecule has 1 unspecified atom stereocenters. The van der Waals surface area contributed by atoms with Crippen LogP contribution in [0.1, 0.15) is 73.7 Å². The number of carbonyl (C=O) groups excluding carboxylic acids is 1. The van der Waals surface area contributed by atoms with E-state index in [1.807, 2.05) is 40.1 Å². The highest BCUT2D eigenvalue weighted by Gasteiger charge is 2.27. The van der Waals surface area contributed by atoms with Crippen molar-refractivity contribution in [3.63, 3.8) is 0 Å². The lowest BCUT2D eigenvalue weighted by Gasteiger charge is -2.19. The number of carbonyl (C=O) groups is 1. The number of benzene rings is 1. The van der Waals surface area contributed by atoms with E-state index in [1.54, 1.807) is 10.9 Å². The van der Waals surface area contributed by atoms with E-state index in [0.29, 0.717) is 17.7 Å². The van der Waals surface area contributed by atoms with Crippen LogP contribution in [0.5, 0.6) is 0 Å². The number of amides is 1. The largest absolute Gasteiger partial charge is 0.342 e. The molecule has 3 aromatic heterocycles. The molecular formula is C25H29N9O2. The van der Waals surface area contributed by atoms with E-state index < -0.39 is 0 Å². The Balaban J connectivity index is 1.36. The van der Waals surface area contributed by atoms with Crippen LogP contribution in [0.4, 0.5) is 11.6 Å². The van der Waals surface area contributed by atoms with Crippen molar-refractivity contribution in [2.75, 3.05) is 5.32 Å². The standard InChI is InChI=1S/C25H29N9O2/c1-25(2,3)23-31-21(33-36-23)22(35)30-19-8-6-5-7-15-11-16(9-10-18(15)19)20-26-14-27-24(32-20)29-17-12-28-34(4)13-17/h9-14,19H,5-8H2,1-4H3,(H,30,35)(H,26,27,29,32). The molecule has 0 fully saturated rings. The van der Waals surface area contributed by atoms with Crippen molar-refractivity contribution in [3.05, 3.63) is 59.8 Å². The van der Waals surface area contributed by atoms with Crippen molar-refractivity contribution >= 4 is 17.5 Å². The van der Waals surface area contributed by atoms with E-state index in [0.717, 1.165) is 42.5 Å². The van der Waals surface area contributed by atoms with Gasteiger partial charge in [0.1, 0.15) is 6.33 Å². The highest BCUT2D eigenvalue weighted by Crippen LogP contribution is 2.32. The maximum atomic E-state index is 12.9. The molecule has 3 heterocycles. The highest BCUT2D eigenvalue weighted by molar-refractivity contribution is 5.90. The van der Waals surface area contributed by atoms with E-state index in [-0.39, 0.29) is 23.2 Å². The minimum atomic E-state index is -0.334. The summed E-state index contributed by atoms with van der Waals surface area (Å²) < 4.78 is 7.00. The van der Waals surface area contributed by atoms with Gasteiger partial charge in [0.25, 0.3) is 11.7 Å². The van der Waals surface area contributed by atoms with Crippen molar-refractivity contribution in [3.8, 4) is 11.4 Å². The van der Waals surface area contributed by atoms with Crippen LogP contribution in [0, 0.1) is 0 Å². The van der Waals surface area contributed by atoms with Crippen LogP contribution in [-0.2, 0) is 18.9 Å². The van der Waals surface area contributed by atoms with Crippen LogP contribution in [-0.4, -0.2) is 40.8 Å². The summed E-state index contributed by atoms with van der Waals surface area (Å²) in [6.45, 7) is 5.89. The number of hydrogen-bond donors (Lipinski definition) is 2. The average molecular weight is 488 g/mol. The third-order valence-corrected chi connectivity index (χ3v) is 6.07. The van der Waals surface area contributed by atoms with Gasteiger partial charge in [-0.2, -0.15) is 15.1 Å². The Morgan fingerprint density at radius 2 is 2.03 bits per heavy atom. The summed E-state index contributed by atoms with van der Waals surface area (Å²) in [6, 6.07) is 6.00. The first-order chi connectivity index (χ1) is 17.3. The maximum absolute atomic E-state index is 12.9. The molecule has 36 heavy (non-hydrogen) atoms. The summed E-state index contributed by atoms with van der Waals surface area (Å²) in [5, 5.41) is 14.3. The lowest BCUT2D eigenvalue weighted by molar-refractivity contribution is 0.0921. The normalized spacial score (nSPS) is 15.7. The number of nitrogens with zero attached hydrogens (tertiary/aromatic N) is 7. The van der Waals surface area contributed by atoms with E-state index in [1.165, 1.54) is 11.9 Å². The summed E-state index contributed by atoms with van der Waals surface area (Å²) in [6.07, 6.45) is 8.83. The average Bonchev–Trinajstić information content (AvgIpc) is 3.46. The maximum Gasteiger partial charge on any atom is 0.293 e. The molecule has 0 saturated carbocycles. The highest BCUT2D eigenvalue weighted by atomic mass is 16.5. The van der Waals surface area contributed by atoms with Gasteiger partial charge in [-0.25, -0.2) is 9.97 Å². The molecule has 1 atom stereocenters. The summed E-state index contributed by atoms with van der Waals surface area (Å²) in [4.78, 5) is 30.4. The van der Waals surface area contributed by atoms with Gasteiger partial charge >= 0.3 is 0 Å². The lowest BCUT2D eigenvalue weighted by Crippen LogP contribution is -2.29. The SMILES string of the molecule is Cn1cc(Nc2ncnc(-c3ccc4c(c3)CCCCC4NC(=O)c3noc(C(C)(C)C)n3)n2)cn1. The fourth-order valence-electron chi connectivity index (χ4n) is 4.22. The van der Waals surface area contributed by atoms with Crippen molar-refractivity contribution < 1.29 is 9.32 Å². The zero-order valence-corrected chi connectivity index (χ0v) is 20.8. The second kappa shape index (κ2) is 9.48. The number of anilines is 2. The topological polar surface area (TPSA) is 137 Å². The molecule has 4 aromatic rings. The Labute approximate surface area is 208 Å². The Bertz CT molecular complexity index is 1390. The Morgan fingerprint density at radius 1 is 1.17 bits per heavy atom. The molecule has 1 aromatic carbocycles. The van der Waals surface area contributed by atoms with Crippen molar-refractivity contribution in [1.82, 2.24) is 40.2 Å². The van der Waals surface area contributed by atoms with Crippen molar-refractivity contribution in [2.24, 2.45) is 7.05 Å². The minimum Gasteiger partial charge on any atom is -0.342 e. The summed E-state index contributed by atoms with van der Waals surface area (Å²) >= 11 is 0. The molecule has 0 bridgehead atoms. The van der Waals surface area contributed by atoms with Gasteiger partial charge in [0, 0.05) is 24.2 Å². The van der Waals surface area contributed by atoms with Gasteiger partial charge in [0.05, 0.1) is 17.9 Å². The first-order valence-electron chi connectivity index (χ1n) is 12.0. The number of aromatic nitrogens is 7. The fourth-order valence-corrected chi connectivity index (χ4v) is 4.22. The molecule has 2 N–H and O–H groups in total. The van der Waals surface area contributed by atoms with Crippen LogP contribution >= 0.6 is 0 Å².